The van der Waals surface area contributed by atoms with Crippen LogP contribution in [0.5, 0.6) is 5.75 Å². The highest BCUT2D eigenvalue weighted by molar-refractivity contribution is 6.04. The van der Waals surface area contributed by atoms with E-state index < -0.39 is 0 Å². The van der Waals surface area contributed by atoms with Crippen molar-refractivity contribution in [1.82, 2.24) is 10.3 Å². The van der Waals surface area contributed by atoms with E-state index in [-0.39, 0.29) is 17.5 Å². The summed E-state index contributed by atoms with van der Waals surface area (Å²) in [7, 11) is 1.60. The molecule has 0 fully saturated rings. The summed E-state index contributed by atoms with van der Waals surface area (Å²) in [5.41, 5.74) is 2.16. The topological polar surface area (TPSA) is 80.3 Å². The molecule has 2 amide bonds. The van der Waals surface area contributed by atoms with Gasteiger partial charge in [0.1, 0.15) is 11.4 Å². The van der Waals surface area contributed by atoms with Crippen LogP contribution in [0.15, 0.2) is 72.9 Å². The van der Waals surface area contributed by atoms with Gasteiger partial charge in [-0.05, 0) is 42.0 Å². The number of hydrogen-bond donors (Lipinski definition) is 2. The molecule has 3 aromatic rings. The lowest BCUT2D eigenvalue weighted by atomic mass is 10.2. The van der Waals surface area contributed by atoms with Crippen molar-refractivity contribution in [1.29, 1.82) is 0 Å². The van der Waals surface area contributed by atoms with E-state index in [1.807, 2.05) is 42.5 Å². The summed E-state index contributed by atoms with van der Waals surface area (Å²) in [6.45, 7) is 0.372. The molecular weight excluding hydrogens is 342 g/mol. The third-order valence-corrected chi connectivity index (χ3v) is 3.90. The molecule has 0 spiro atoms. The Morgan fingerprint density at radius 1 is 0.963 bits per heavy atom. The van der Waals surface area contributed by atoms with Crippen LogP contribution in [0.2, 0.25) is 0 Å². The molecule has 0 radical (unpaired) electrons. The van der Waals surface area contributed by atoms with E-state index in [9.17, 15) is 9.59 Å². The molecule has 2 aromatic carbocycles. The fourth-order valence-electron chi connectivity index (χ4n) is 2.44. The van der Waals surface area contributed by atoms with Crippen LogP contribution in [-0.2, 0) is 6.54 Å². The van der Waals surface area contributed by atoms with Crippen LogP contribution in [0.3, 0.4) is 0 Å². The molecule has 6 heteroatoms. The van der Waals surface area contributed by atoms with Crippen LogP contribution in [0.1, 0.15) is 26.4 Å². The highest BCUT2D eigenvalue weighted by Gasteiger charge is 2.12. The highest BCUT2D eigenvalue weighted by atomic mass is 16.5. The number of methoxy groups -OCH3 is 1. The van der Waals surface area contributed by atoms with Gasteiger partial charge in [-0.1, -0.05) is 30.3 Å². The maximum Gasteiger partial charge on any atom is 0.274 e. The molecule has 0 atom stereocenters. The SMILES string of the molecule is COc1ccc(CNC(=O)c2ccnc(C(=O)Nc3ccccc3)c2)cc1. The minimum Gasteiger partial charge on any atom is -0.497 e. The fourth-order valence-corrected chi connectivity index (χ4v) is 2.44. The van der Waals surface area contributed by atoms with Crippen molar-refractivity contribution in [3.05, 3.63) is 89.7 Å². The fraction of sp³-hybridized carbons (Fsp3) is 0.0952. The number of ether oxygens (including phenoxy) is 1. The van der Waals surface area contributed by atoms with Crippen molar-refractivity contribution in [2.75, 3.05) is 12.4 Å². The van der Waals surface area contributed by atoms with Gasteiger partial charge >= 0.3 is 0 Å². The van der Waals surface area contributed by atoms with E-state index in [1.54, 1.807) is 25.3 Å². The molecule has 6 nitrogen and oxygen atoms in total. The first-order valence-electron chi connectivity index (χ1n) is 8.39. The number of nitrogens with one attached hydrogen (secondary N) is 2. The molecule has 0 saturated carbocycles. The first-order valence-corrected chi connectivity index (χ1v) is 8.39. The number of amides is 2. The number of carbonyl (C=O) groups excluding carboxylic acids is 2. The van der Waals surface area contributed by atoms with E-state index in [0.29, 0.717) is 17.8 Å². The second kappa shape index (κ2) is 8.62. The molecule has 27 heavy (non-hydrogen) atoms. The van der Waals surface area contributed by atoms with Gasteiger partial charge in [0.15, 0.2) is 0 Å². The van der Waals surface area contributed by atoms with Crippen LogP contribution in [-0.4, -0.2) is 23.9 Å². The summed E-state index contributed by atoms with van der Waals surface area (Å²) in [4.78, 5) is 28.7. The van der Waals surface area contributed by atoms with Gasteiger partial charge < -0.3 is 15.4 Å². The van der Waals surface area contributed by atoms with Crippen LogP contribution in [0.4, 0.5) is 5.69 Å². The molecule has 3 rings (SSSR count). The van der Waals surface area contributed by atoms with E-state index in [1.165, 1.54) is 12.3 Å². The molecule has 2 N–H and O–H groups in total. The van der Waals surface area contributed by atoms with Crippen LogP contribution < -0.4 is 15.4 Å². The zero-order chi connectivity index (χ0) is 19.1. The number of pyridine rings is 1. The summed E-state index contributed by atoms with van der Waals surface area (Å²) < 4.78 is 5.11. The second-order valence-electron chi connectivity index (χ2n) is 5.78. The molecule has 1 heterocycles. The van der Waals surface area contributed by atoms with Crippen molar-refractivity contribution in [3.8, 4) is 5.75 Å². The Bertz CT molecular complexity index is 925. The van der Waals surface area contributed by atoms with Gasteiger partial charge in [-0.3, -0.25) is 14.6 Å². The maximum absolute atomic E-state index is 12.4. The summed E-state index contributed by atoms with van der Waals surface area (Å²) in [5.74, 6) is 0.112. The van der Waals surface area contributed by atoms with Crippen LogP contribution in [0.25, 0.3) is 0 Å². The normalized spacial score (nSPS) is 10.1. The molecule has 136 valence electrons. The van der Waals surface area contributed by atoms with E-state index in [4.69, 9.17) is 4.74 Å². The molecule has 1 aromatic heterocycles. The Hall–Kier alpha value is -3.67. The Kier molecular flexibility index (Phi) is 5.79. The van der Waals surface area contributed by atoms with Gasteiger partial charge in [0.05, 0.1) is 7.11 Å². The molecule has 0 aliphatic rings. The summed E-state index contributed by atoms with van der Waals surface area (Å²) >= 11 is 0. The third kappa shape index (κ3) is 4.92. The van der Waals surface area contributed by atoms with Gasteiger partial charge in [-0.15, -0.1) is 0 Å². The smallest absolute Gasteiger partial charge is 0.274 e. The third-order valence-electron chi connectivity index (χ3n) is 3.90. The minimum atomic E-state index is -0.369. The largest absolute Gasteiger partial charge is 0.497 e. The first-order chi connectivity index (χ1) is 13.2. The zero-order valence-corrected chi connectivity index (χ0v) is 14.8. The number of carbonyl (C=O) groups is 2. The maximum atomic E-state index is 12.4. The van der Waals surface area contributed by atoms with Crippen molar-refractivity contribution in [3.63, 3.8) is 0 Å². The van der Waals surface area contributed by atoms with Gasteiger partial charge in [-0.2, -0.15) is 0 Å². The van der Waals surface area contributed by atoms with Crippen LogP contribution in [0, 0.1) is 0 Å². The Morgan fingerprint density at radius 3 is 2.41 bits per heavy atom. The molecule has 0 aliphatic carbocycles. The molecule has 0 aliphatic heterocycles. The molecular formula is C21H19N3O3. The number of hydrogen-bond acceptors (Lipinski definition) is 4. The first kappa shape index (κ1) is 18.1. The number of aromatic nitrogens is 1. The average molecular weight is 361 g/mol. The predicted octanol–water partition coefficient (Wildman–Crippen LogP) is 3.27. The summed E-state index contributed by atoms with van der Waals surface area (Å²) in [6.07, 6.45) is 1.45. The van der Waals surface area contributed by atoms with Gasteiger partial charge in [0.25, 0.3) is 11.8 Å². The summed E-state index contributed by atoms with van der Waals surface area (Å²) in [6, 6.07) is 19.5. The number of nitrogens with zero attached hydrogens (tertiary/aromatic N) is 1. The summed E-state index contributed by atoms with van der Waals surface area (Å²) in [5, 5.41) is 5.58. The zero-order valence-electron chi connectivity index (χ0n) is 14.8. The lowest BCUT2D eigenvalue weighted by Gasteiger charge is -2.08. The standard InChI is InChI=1S/C21H19N3O3/c1-27-18-9-7-15(8-10-18)14-23-20(25)16-11-12-22-19(13-16)21(26)24-17-5-3-2-4-6-17/h2-13H,14H2,1H3,(H,23,25)(H,24,26). The van der Waals surface area contributed by atoms with Gasteiger partial charge in [-0.25, -0.2) is 0 Å². The van der Waals surface area contributed by atoms with Crippen molar-refractivity contribution in [2.45, 2.75) is 6.54 Å². The monoisotopic (exact) mass is 361 g/mol. The van der Waals surface area contributed by atoms with E-state index in [0.717, 1.165) is 11.3 Å². The quantitative estimate of drug-likeness (QED) is 0.706. The number of benzene rings is 2. The minimum absolute atomic E-state index is 0.177. The molecule has 0 unspecified atom stereocenters. The van der Waals surface area contributed by atoms with Crippen molar-refractivity contribution >= 4 is 17.5 Å². The number of anilines is 1. The predicted molar refractivity (Wildman–Crippen MR) is 103 cm³/mol. The Morgan fingerprint density at radius 2 is 1.70 bits per heavy atom. The lowest BCUT2D eigenvalue weighted by Crippen LogP contribution is -2.23. The number of para-hydroxylation sites is 1. The number of rotatable bonds is 6. The average Bonchev–Trinajstić information content (AvgIpc) is 2.73. The second-order valence-corrected chi connectivity index (χ2v) is 5.78. The van der Waals surface area contributed by atoms with Crippen molar-refractivity contribution < 1.29 is 14.3 Å². The Labute approximate surface area is 157 Å². The lowest BCUT2D eigenvalue weighted by molar-refractivity contribution is 0.0951. The van der Waals surface area contributed by atoms with Crippen LogP contribution >= 0.6 is 0 Å². The van der Waals surface area contributed by atoms with Crippen molar-refractivity contribution in [2.24, 2.45) is 0 Å². The molecule has 0 saturated heterocycles. The Balaban J connectivity index is 1.63. The highest BCUT2D eigenvalue weighted by Crippen LogP contribution is 2.12. The van der Waals surface area contributed by atoms with Gasteiger partial charge in [0, 0.05) is 24.0 Å². The van der Waals surface area contributed by atoms with E-state index >= 15 is 0 Å². The van der Waals surface area contributed by atoms with Gasteiger partial charge in [0.2, 0.25) is 0 Å². The van der Waals surface area contributed by atoms with E-state index in [2.05, 4.69) is 15.6 Å². The molecule has 0 bridgehead atoms.